The Morgan fingerprint density at radius 1 is 1.23 bits per heavy atom. The summed E-state index contributed by atoms with van der Waals surface area (Å²) >= 11 is 0. The number of aromatic nitrogens is 1. The van der Waals surface area contributed by atoms with E-state index in [4.69, 9.17) is 0 Å². The molecule has 116 valence electrons. The van der Waals surface area contributed by atoms with Crippen molar-refractivity contribution in [3.63, 3.8) is 0 Å². The zero-order valence-corrected chi connectivity index (χ0v) is 12.9. The Hall–Kier alpha value is -2.07. The molecule has 3 rings (SSSR count). The number of likely N-dealkylation sites (N-methyl/N-ethyl adjacent to an activating group) is 1. The summed E-state index contributed by atoms with van der Waals surface area (Å²) in [5.41, 5.74) is 0.904. The smallest absolute Gasteiger partial charge is 0.253 e. The van der Waals surface area contributed by atoms with Crippen molar-refractivity contribution in [2.75, 3.05) is 13.6 Å². The largest absolute Gasteiger partial charge is 0.388 e. The van der Waals surface area contributed by atoms with Gasteiger partial charge in [0, 0.05) is 37.2 Å². The Morgan fingerprint density at radius 3 is 2.59 bits per heavy atom. The standard InChI is InChI=1S/C18H22N2O2/c1-19(14-18(22)9-2-3-10-18)17(21)15-7-6-8-16(13-15)20-11-4-5-12-20/h4-8,11-13,22H,2-3,9-10,14H2,1H3. The van der Waals surface area contributed by atoms with E-state index in [1.807, 2.05) is 53.4 Å². The van der Waals surface area contributed by atoms with E-state index in [1.165, 1.54) is 0 Å². The van der Waals surface area contributed by atoms with Crippen LogP contribution in [0.15, 0.2) is 48.8 Å². The first-order chi connectivity index (χ1) is 10.6. The summed E-state index contributed by atoms with van der Waals surface area (Å²) in [5.74, 6) is -0.0469. The highest BCUT2D eigenvalue weighted by atomic mass is 16.3. The molecule has 0 atom stereocenters. The second-order valence-corrected chi connectivity index (χ2v) is 6.23. The van der Waals surface area contributed by atoms with Crippen LogP contribution in [-0.2, 0) is 0 Å². The second kappa shape index (κ2) is 5.97. The molecule has 1 aromatic heterocycles. The van der Waals surface area contributed by atoms with E-state index in [1.54, 1.807) is 11.9 Å². The summed E-state index contributed by atoms with van der Waals surface area (Å²) in [6.45, 7) is 0.402. The van der Waals surface area contributed by atoms with E-state index in [-0.39, 0.29) is 5.91 Å². The van der Waals surface area contributed by atoms with Crippen molar-refractivity contribution in [3.8, 4) is 5.69 Å². The minimum Gasteiger partial charge on any atom is -0.388 e. The van der Waals surface area contributed by atoms with Gasteiger partial charge in [-0.25, -0.2) is 0 Å². The van der Waals surface area contributed by atoms with Crippen LogP contribution in [0.1, 0.15) is 36.0 Å². The van der Waals surface area contributed by atoms with Crippen LogP contribution in [-0.4, -0.2) is 39.7 Å². The van der Waals surface area contributed by atoms with Crippen LogP contribution in [0.25, 0.3) is 5.69 Å². The minimum atomic E-state index is -0.706. The number of nitrogens with zero attached hydrogens (tertiary/aromatic N) is 2. The van der Waals surface area contributed by atoms with Gasteiger partial charge in [-0.2, -0.15) is 0 Å². The lowest BCUT2D eigenvalue weighted by molar-refractivity contribution is 0.0157. The molecule has 0 spiro atoms. The van der Waals surface area contributed by atoms with Gasteiger partial charge in [0.2, 0.25) is 0 Å². The van der Waals surface area contributed by atoms with Gasteiger partial charge in [-0.05, 0) is 43.2 Å². The monoisotopic (exact) mass is 298 g/mol. The molecule has 1 aliphatic rings. The molecule has 1 heterocycles. The quantitative estimate of drug-likeness (QED) is 0.943. The maximum absolute atomic E-state index is 12.6. The number of hydrogen-bond donors (Lipinski definition) is 1. The Bertz CT molecular complexity index is 643. The van der Waals surface area contributed by atoms with Crippen LogP contribution in [0.3, 0.4) is 0 Å². The molecule has 1 aromatic carbocycles. The summed E-state index contributed by atoms with van der Waals surface area (Å²) in [4.78, 5) is 14.2. The summed E-state index contributed by atoms with van der Waals surface area (Å²) < 4.78 is 1.97. The van der Waals surface area contributed by atoms with Crippen molar-refractivity contribution < 1.29 is 9.90 Å². The first kappa shape index (κ1) is 14.9. The predicted molar refractivity (Wildman–Crippen MR) is 86.1 cm³/mol. The molecular weight excluding hydrogens is 276 g/mol. The predicted octanol–water partition coefficient (Wildman–Crippen LogP) is 2.85. The molecule has 22 heavy (non-hydrogen) atoms. The number of hydrogen-bond acceptors (Lipinski definition) is 2. The highest BCUT2D eigenvalue weighted by Crippen LogP contribution is 2.30. The topological polar surface area (TPSA) is 45.5 Å². The van der Waals surface area contributed by atoms with Crippen LogP contribution >= 0.6 is 0 Å². The minimum absolute atomic E-state index is 0.0469. The number of rotatable bonds is 4. The van der Waals surface area contributed by atoms with Crippen LogP contribution in [0.2, 0.25) is 0 Å². The van der Waals surface area contributed by atoms with Gasteiger partial charge < -0.3 is 14.6 Å². The third-order valence-corrected chi connectivity index (χ3v) is 4.41. The highest BCUT2D eigenvalue weighted by Gasteiger charge is 2.33. The zero-order chi connectivity index (χ0) is 15.6. The molecule has 2 aromatic rings. The summed E-state index contributed by atoms with van der Waals surface area (Å²) in [5, 5.41) is 10.5. The number of benzene rings is 1. The van der Waals surface area contributed by atoms with E-state index in [0.29, 0.717) is 12.1 Å². The maximum Gasteiger partial charge on any atom is 0.253 e. The third kappa shape index (κ3) is 3.07. The van der Waals surface area contributed by atoms with Crippen LogP contribution in [0.5, 0.6) is 0 Å². The zero-order valence-electron chi connectivity index (χ0n) is 12.9. The van der Waals surface area contributed by atoms with E-state index < -0.39 is 5.60 Å². The molecule has 0 radical (unpaired) electrons. The van der Waals surface area contributed by atoms with E-state index >= 15 is 0 Å². The molecule has 1 aliphatic carbocycles. The SMILES string of the molecule is CN(CC1(O)CCCC1)C(=O)c1cccc(-n2cccc2)c1. The molecule has 0 aliphatic heterocycles. The van der Waals surface area contributed by atoms with E-state index in [0.717, 1.165) is 31.4 Å². The van der Waals surface area contributed by atoms with Crippen molar-refractivity contribution in [1.29, 1.82) is 0 Å². The Balaban J connectivity index is 1.75. The van der Waals surface area contributed by atoms with Gasteiger partial charge in [-0.1, -0.05) is 18.9 Å². The van der Waals surface area contributed by atoms with Gasteiger partial charge >= 0.3 is 0 Å². The number of carbonyl (C=O) groups is 1. The summed E-state index contributed by atoms with van der Waals surface area (Å²) in [6.07, 6.45) is 7.56. The number of amides is 1. The first-order valence-corrected chi connectivity index (χ1v) is 7.79. The van der Waals surface area contributed by atoms with Crippen LogP contribution < -0.4 is 0 Å². The van der Waals surface area contributed by atoms with Gasteiger partial charge in [-0.15, -0.1) is 0 Å². The lowest BCUT2D eigenvalue weighted by Crippen LogP contribution is -2.42. The van der Waals surface area contributed by atoms with Gasteiger partial charge in [0.1, 0.15) is 0 Å². The Labute approximate surface area is 131 Å². The second-order valence-electron chi connectivity index (χ2n) is 6.23. The van der Waals surface area contributed by atoms with Crippen molar-refractivity contribution in [2.24, 2.45) is 0 Å². The van der Waals surface area contributed by atoms with Crippen LogP contribution in [0.4, 0.5) is 0 Å². The third-order valence-electron chi connectivity index (χ3n) is 4.41. The maximum atomic E-state index is 12.6. The molecular formula is C18H22N2O2. The fourth-order valence-electron chi connectivity index (χ4n) is 3.23. The van der Waals surface area contributed by atoms with Gasteiger partial charge in [-0.3, -0.25) is 4.79 Å². The molecule has 1 fully saturated rings. The van der Waals surface area contributed by atoms with Crippen molar-refractivity contribution in [1.82, 2.24) is 9.47 Å². The average molecular weight is 298 g/mol. The lowest BCUT2D eigenvalue weighted by Gasteiger charge is -2.28. The lowest BCUT2D eigenvalue weighted by atomic mass is 10.0. The van der Waals surface area contributed by atoms with Crippen molar-refractivity contribution in [2.45, 2.75) is 31.3 Å². The van der Waals surface area contributed by atoms with Gasteiger partial charge in [0.15, 0.2) is 0 Å². The Kier molecular flexibility index (Phi) is 4.03. The molecule has 0 bridgehead atoms. The first-order valence-electron chi connectivity index (χ1n) is 7.79. The number of aliphatic hydroxyl groups is 1. The van der Waals surface area contributed by atoms with Crippen LogP contribution in [0, 0.1) is 0 Å². The summed E-state index contributed by atoms with van der Waals surface area (Å²) in [7, 11) is 1.76. The van der Waals surface area contributed by atoms with Crippen molar-refractivity contribution in [3.05, 3.63) is 54.4 Å². The fourth-order valence-corrected chi connectivity index (χ4v) is 3.23. The molecule has 0 unspecified atom stereocenters. The molecule has 1 N–H and O–H groups in total. The van der Waals surface area contributed by atoms with E-state index in [9.17, 15) is 9.90 Å². The van der Waals surface area contributed by atoms with Gasteiger partial charge in [0.05, 0.1) is 5.60 Å². The Morgan fingerprint density at radius 2 is 1.91 bits per heavy atom. The number of carbonyl (C=O) groups excluding carboxylic acids is 1. The fraction of sp³-hybridized carbons (Fsp3) is 0.389. The summed E-state index contributed by atoms with van der Waals surface area (Å²) in [6, 6.07) is 11.5. The average Bonchev–Trinajstić information content (AvgIpc) is 3.18. The highest BCUT2D eigenvalue weighted by molar-refractivity contribution is 5.94. The van der Waals surface area contributed by atoms with Gasteiger partial charge in [0.25, 0.3) is 5.91 Å². The molecule has 1 saturated carbocycles. The molecule has 4 heteroatoms. The normalized spacial score (nSPS) is 16.6. The van der Waals surface area contributed by atoms with E-state index in [2.05, 4.69) is 0 Å². The molecule has 1 amide bonds. The van der Waals surface area contributed by atoms with Crippen molar-refractivity contribution >= 4 is 5.91 Å². The molecule has 0 saturated heterocycles. The molecule has 4 nitrogen and oxygen atoms in total.